The normalized spacial score (nSPS) is 50.8. The van der Waals surface area contributed by atoms with Crippen LogP contribution in [0.4, 0.5) is 0 Å². The highest BCUT2D eigenvalue weighted by Crippen LogP contribution is 2.73. The van der Waals surface area contributed by atoms with Crippen LogP contribution in [0.3, 0.4) is 0 Å². The number of ether oxygens (including phenoxy) is 1. The number of aliphatic hydroxyl groups is 1. The molecule has 0 aliphatic heterocycles. The minimum absolute atomic E-state index is 0.0576. The first-order valence-corrected chi connectivity index (χ1v) is 4.56. The average molecular weight is 171 g/mol. The molecule has 0 saturated heterocycles. The zero-order valence-electron chi connectivity index (χ0n) is 7.55. The first-order chi connectivity index (χ1) is 5.72. The van der Waals surface area contributed by atoms with E-state index in [2.05, 4.69) is 0 Å². The standard InChI is InChI=1S/C9H17NO2/c1-12-7-2-8(3-7)4-9(8,5-10)6-11/h7,11H,2-6,10H2,1H3. The second kappa shape index (κ2) is 2.44. The summed E-state index contributed by atoms with van der Waals surface area (Å²) in [5, 5.41) is 9.20. The summed E-state index contributed by atoms with van der Waals surface area (Å²) in [5.74, 6) is 0. The van der Waals surface area contributed by atoms with E-state index in [0.29, 0.717) is 18.1 Å². The van der Waals surface area contributed by atoms with Crippen LogP contribution in [0.1, 0.15) is 19.3 Å². The quantitative estimate of drug-likeness (QED) is 0.634. The van der Waals surface area contributed by atoms with Gasteiger partial charge in [-0.25, -0.2) is 0 Å². The number of hydrogen-bond donors (Lipinski definition) is 2. The van der Waals surface area contributed by atoms with Crippen LogP contribution in [-0.2, 0) is 4.74 Å². The van der Waals surface area contributed by atoms with Gasteiger partial charge in [0, 0.05) is 19.1 Å². The smallest absolute Gasteiger partial charge is 0.0582 e. The minimum Gasteiger partial charge on any atom is -0.396 e. The Balaban J connectivity index is 1.94. The van der Waals surface area contributed by atoms with Crippen LogP contribution in [0, 0.1) is 10.8 Å². The van der Waals surface area contributed by atoms with Gasteiger partial charge in [-0.15, -0.1) is 0 Å². The molecule has 0 bridgehead atoms. The molecule has 2 saturated carbocycles. The van der Waals surface area contributed by atoms with Gasteiger partial charge in [-0.1, -0.05) is 0 Å². The van der Waals surface area contributed by atoms with Gasteiger partial charge < -0.3 is 15.6 Å². The van der Waals surface area contributed by atoms with Crippen molar-refractivity contribution in [3.63, 3.8) is 0 Å². The molecule has 2 aliphatic rings. The van der Waals surface area contributed by atoms with Crippen molar-refractivity contribution in [3.05, 3.63) is 0 Å². The van der Waals surface area contributed by atoms with E-state index < -0.39 is 0 Å². The van der Waals surface area contributed by atoms with Gasteiger partial charge in [0.1, 0.15) is 0 Å². The Morgan fingerprint density at radius 1 is 1.58 bits per heavy atom. The average Bonchev–Trinajstić information content (AvgIpc) is 2.71. The Morgan fingerprint density at radius 2 is 2.25 bits per heavy atom. The molecule has 0 radical (unpaired) electrons. The lowest BCUT2D eigenvalue weighted by Crippen LogP contribution is -2.39. The summed E-state index contributed by atoms with van der Waals surface area (Å²) >= 11 is 0. The van der Waals surface area contributed by atoms with Crippen molar-refractivity contribution in [2.45, 2.75) is 25.4 Å². The Morgan fingerprint density at radius 3 is 2.58 bits per heavy atom. The lowest BCUT2D eigenvalue weighted by atomic mass is 9.73. The van der Waals surface area contributed by atoms with E-state index in [0.717, 1.165) is 19.3 Å². The van der Waals surface area contributed by atoms with Crippen molar-refractivity contribution in [2.75, 3.05) is 20.3 Å². The van der Waals surface area contributed by atoms with Crippen LogP contribution >= 0.6 is 0 Å². The molecule has 3 nitrogen and oxygen atoms in total. The number of nitrogens with two attached hydrogens (primary N) is 1. The second-order valence-electron chi connectivity index (χ2n) is 4.37. The Labute approximate surface area is 72.9 Å². The maximum Gasteiger partial charge on any atom is 0.0582 e. The highest BCUT2D eigenvalue weighted by atomic mass is 16.5. The molecule has 3 N–H and O–H groups in total. The predicted molar refractivity (Wildman–Crippen MR) is 45.7 cm³/mol. The van der Waals surface area contributed by atoms with Crippen LogP contribution in [0.2, 0.25) is 0 Å². The monoisotopic (exact) mass is 171 g/mol. The molecule has 2 fully saturated rings. The highest BCUT2D eigenvalue weighted by molar-refractivity contribution is 5.20. The van der Waals surface area contributed by atoms with Crippen LogP contribution in [0.15, 0.2) is 0 Å². The molecule has 0 aromatic rings. The SMILES string of the molecule is COC1CC2(C1)CC2(CN)CO. The zero-order chi connectivity index (χ0) is 8.82. The molecule has 2 aliphatic carbocycles. The maximum absolute atomic E-state index is 9.20. The zero-order valence-corrected chi connectivity index (χ0v) is 7.55. The molecular formula is C9H17NO2. The van der Waals surface area contributed by atoms with Crippen molar-refractivity contribution < 1.29 is 9.84 Å². The molecule has 1 spiro atoms. The third-order valence-electron chi connectivity index (χ3n) is 3.94. The summed E-state index contributed by atoms with van der Waals surface area (Å²) in [6, 6.07) is 0. The summed E-state index contributed by atoms with van der Waals surface area (Å²) in [5.41, 5.74) is 6.07. The third kappa shape index (κ3) is 0.817. The molecule has 2 rings (SSSR count). The Bertz CT molecular complexity index is 183. The van der Waals surface area contributed by atoms with Gasteiger partial charge in [-0.05, 0) is 24.7 Å². The van der Waals surface area contributed by atoms with Gasteiger partial charge in [-0.3, -0.25) is 0 Å². The molecule has 70 valence electrons. The van der Waals surface area contributed by atoms with E-state index in [1.165, 1.54) is 0 Å². The van der Waals surface area contributed by atoms with Crippen LogP contribution in [0.25, 0.3) is 0 Å². The van der Waals surface area contributed by atoms with Crippen LogP contribution < -0.4 is 5.73 Å². The number of methoxy groups -OCH3 is 1. The molecule has 12 heavy (non-hydrogen) atoms. The molecule has 0 aromatic carbocycles. The second-order valence-corrected chi connectivity index (χ2v) is 4.37. The Hall–Kier alpha value is -0.120. The highest BCUT2D eigenvalue weighted by Gasteiger charge is 2.71. The van der Waals surface area contributed by atoms with Gasteiger partial charge in [0.15, 0.2) is 0 Å². The van der Waals surface area contributed by atoms with Crippen molar-refractivity contribution in [1.82, 2.24) is 0 Å². The third-order valence-corrected chi connectivity index (χ3v) is 3.94. The van der Waals surface area contributed by atoms with E-state index in [-0.39, 0.29) is 12.0 Å². The molecule has 0 heterocycles. The van der Waals surface area contributed by atoms with E-state index in [1.807, 2.05) is 0 Å². The topological polar surface area (TPSA) is 55.5 Å². The lowest BCUT2D eigenvalue weighted by Gasteiger charge is -2.38. The van der Waals surface area contributed by atoms with Gasteiger partial charge in [0.25, 0.3) is 0 Å². The molecule has 3 heteroatoms. The summed E-state index contributed by atoms with van der Waals surface area (Å²) in [6.45, 7) is 0.875. The molecule has 1 unspecified atom stereocenters. The van der Waals surface area contributed by atoms with Gasteiger partial charge in [-0.2, -0.15) is 0 Å². The maximum atomic E-state index is 9.20. The van der Waals surface area contributed by atoms with E-state index in [1.54, 1.807) is 7.11 Å². The number of aliphatic hydroxyl groups excluding tert-OH is 1. The van der Waals surface area contributed by atoms with E-state index in [4.69, 9.17) is 10.5 Å². The number of hydrogen-bond acceptors (Lipinski definition) is 3. The van der Waals surface area contributed by atoms with Gasteiger partial charge in [0.05, 0.1) is 12.7 Å². The minimum atomic E-state index is 0.0576. The Kier molecular flexibility index (Phi) is 1.72. The number of rotatable bonds is 3. The van der Waals surface area contributed by atoms with Crippen LogP contribution in [-0.4, -0.2) is 31.5 Å². The van der Waals surface area contributed by atoms with Crippen molar-refractivity contribution in [3.8, 4) is 0 Å². The molecule has 0 aromatic heterocycles. The first kappa shape index (κ1) is 8.48. The van der Waals surface area contributed by atoms with Crippen molar-refractivity contribution >= 4 is 0 Å². The first-order valence-electron chi connectivity index (χ1n) is 4.56. The van der Waals surface area contributed by atoms with E-state index >= 15 is 0 Å². The molecular weight excluding hydrogens is 154 g/mol. The molecule has 1 atom stereocenters. The fourth-order valence-corrected chi connectivity index (χ4v) is 2.74. The van der Waals surface area contributed by atoms with E-state index in [9.17, 15) is 5.11 Å². The lowest BCUT2D eigenvalue weighted by molar-refractivity contribution is -0.0343. The molecule has 0 amide bonds. The van der Waals surface area contributed by atoms with Gasteiger partial charge in [0.2, 0.25) is 0 Å². The van der Waals surface area contributed by atoms with Crippen molar-refractivity contribution in [2.24, 2.45) is 16.6 Å². The van der Waals surface area contributed by atoms with Crippen molar-refractivity contribution in [1.29, 1.82) is 0 Å². The summed E-state index contributed by atoms with van der Waals surface area (Å²) < 4.78 is 5.22. The largest absolute Gasteiger partial charge is 0.396 e. The predicted octanol–water partition coefficient (Wildman–Crippen LogP) is 0.123. The fourth-order valence-electron chi connectivity index (χ4n) is 2.74. The summed E-state index contributed by atoms with van der Waals surface area (Å²) in [7, 11) is 1.75. The van der Waals surface area contributed by atoms with Gasteiger partial charge >= 0.3 is 0 Å². The summed E-state index contributed by atoms with van der Waals surface area (Å²) in [4.78, 5) is 0. The van der Waals surface area contributed by atoms with Crippen LogP contribution in [0.5, 0.6) is 0 Å². The fraction of sp³-hybridized carbons (Fsp3) is 1.00. The summed E-state index contributed by atoms with van der Waals surface area (Å²) in [6.07, 6.45) is 3.72.